The van der Waals surface area contributed by atoms with Gasteiger partial charge in [0.05, 0.1) is 38.5 Å². The van der Waals surface area contributed by atoms with E-state index in [1.165, 1.54) is 0 Å². The molecule has 0 aliphatic carbocycles. The van der Waals surface area contributed by atoms with Crippen molar-refractivity contribution in [2.45, 2.75) is 12.5 Å². The van der Waals surface area contributed by atoms with Crippen molar-refractivity contribution in [1.29, 1.82) is 0 Å². The lowest BCUT2D eigenvalue weighted by Gasteiger charge is -2.34. The van der Waals surface area contributed by atoms with Crippen LogP contribution in [0.3, 0.4) is 0 Å². The highest BCUT2D eigenvalue weighted by molar-refractivity contribution is 5.78. The molecule has 0 spiro atoms. The molecule has 1 aromatic carbocycles. The average Bonchev–Trinajstić information content (AvgIpc) is 3.10. The minimum absolute atomic E-state index is 0.0440. The highest BCUT2D eigenvalue weighted by Gasteiger charge is 2.28. The van der Waals surface area contributed by atoms with Gasteiger partial charge in [0.25, 0.3) is 5.89 Å². The third-order valence-electron chi connectivity index (χ3n) is 4.01. The van der Waals surface area contributed by atoms with E-state index in [1.807, 2.05) is 24.3 Å². The second-order valence-corrected chi connectivity index (χ2v) is 5.65. The van der Waals surface area contributed by atoms with E-state index in [-0.39, 0.29) is 24.3 Å². The Labute approximate surface area is 145 Å². The summed E-state index contributed by atoms with van der Waals surface area (Å²) in [6.07, 6.45) is 0.0440. The molecule has 2 aromatic rings. The Morgan fingerprint density at radius 3 is 2.96 bits per heavy atom. The molecule has 0 unspecified atom stereocenters. The molecular weight excluding hydrogens is 326 g/mol. The molecule has 3 rings (SSSR count). The lowest BCUT2D eigenvalue weighted by Crippen LogP contribution is -2.51. The average molecular weight is 347 g/mol. The molecule has 1 atom stereocenters. The quantitative estimate of drug-likeness (QED) is 0.775. The Hall–Kier alpha value is -2.45. The zero-order valence-corrected chi connectivity index (χ0v) is 14.3. The third kappa shape index (κ3) is 3.97. The van der Waals surface area contributed by atoms with Crippen molar-refractivity contribution in [3.05, 3.63) is 30.2 Å². The number of para-hydroxylation sites is 1. The van der Waals surface area contributed by atoms with E-state index in [4.69, 9.17) is 18.6 Å². The molecule has 0 radical (unpaired) electrons. The largest absolute Gasteiger partial charge is 0.496 e. The molecule has 2 heterocycles. The number of methoxy groups -OCH3 is 2. The second-order valence-electron chi connectivity index (χ2n) is 5.65. The minimum atomic E-state index is -0.0946. The van der Waals surface area contributed by atoms with E-state index in [0.717, 1.165) is 0 Å². The van der Waals surface area contributed by atoms with Crippen LogP contribution >= 0.6 is 0 Å². The second kappa shape index (κ2) is 8.09. The predicted molar refractivity (Wildman–Crippen MR) is 88.2 cm³/mol. The van der Waals surface area contributed by atoms with Crippen molar-refractivity contribution in [1.82, 2.24) is 15.1 Å². The number of hydrogen-bond donors (Lipinski definition) is 0. The Bertz CT molecular complexity index is 716. The standard InChI is InChI=1S/C17H21N3O5/c1-22-10-12-11-24-8-7-20(12)16(21)9-15-18-19-17(25-15)13-5-3-4-6-14(13)23-2/h3-6,12H,7-11H2,1-2H3/t12-/m0/s1. The molecule has 0 saturated carbocycles. The van der Waals surface area contributed by atoms with Crippen LogP contribution in [0.25, 0.3) is 11.5 Å². The van der Waals surface area contributed by atoms with E-state index < -0.39 is 0 Å². The van der Waals surface area contributed by atoms with Crippen LogP contribution in [-0.2, 0) is 20.7 Å². The molecule has 1 fully saturated rings. The summed E-state index contributed by atoms with van der Waals surface area (Å²) in [7, 11) is 3.18. The molecule has 0 N–H and O–H groups in total. The van der Waals surface area contributed by atoms with Crippen LogP contribution in [0.5, 0.6) is 5.75 Å². The number of carbonyl (C=O) groups is 1. The Morgan fingerprint density at radius 1 is 1.32 bits per heavy atom. The van der Waals surface area contributed by atoms with Gasteiger partial charge in [-0.2, -0.15) is 0 Å². The maximum atomic E-state index is 12.6. The number of amides is 1. The van der Waals surface area contributed by atoms with Gasteiger partial charge in [-0.05, 0) is 12.1 Å². The fourth-order valence-corrected chi connectivity index (χ4v) is 2.80. The molecule has 1 aromatic heterocycles. The van der Waals surface area contributed by atoms with E-state index in [1.54, 1.807) is 19.1 Å². The van der Waals surface area contributed by atoms with Crippen LogP contribution in [0, 0.1) is 0 Å². The van der Waals surface area contributed by atoms with Crippen molar-refractivity contribution >= 4 is 5.91 Å². The smallest absolute Gasteiger partial charge is 0.251 e. The normalized spacial score (nSPS) is 17.5. The van der Waals surface area contributed by atoms with Crippen LogP contribution in [0.15, 0.2) is 28.7 Å². The minimum Gasteiger partial charge on any atom is -0.496 e. The Balaban J connectivity index is 1.71. The first-order valence-electron chi connectivity index (χ1n) is 8.05. The first-order valence-corrected chi connectivity index (χ1v) is 8.05. The van der Waals surface area contributed by atoms with Gasteiger partial charge in [0.2, 0.25) is 11.8 Å². The topological polar surface area (TPSA) is 86.9 Å². The first-order chi connectivity index (χ1) is 12.2. The van der Waals surface area contributed by atoms with E-state index >= 15 is 0 Å². The first kappa shape index (κ1) is 17.4. The molecule has 134 valence electrons. The molecular formula is C17H21N3O5. The molecule has 0 bridgehead atoms. The van der Waals surface area contributed by atoms with Crippen molar-refractivity contribution in [2.24, 2.45) is 0 Å². The molecule has 25 heavy (non-hydrogen) atoms. The molecule has 8 heteroatoms. The van der Waals surface area contributed by atoms with Crippen molar-refractivity contribution in [3.8, 4) is 17.2 Å². The van der Waals surface area contributed by atoms with E-state index in [2.05, 4.69) is 10.2 Å². The maximum absolute atomic E-state index is 12.6. The summed E-state index contributed by atoms with van der Waals surface area (Å²) in [5.74, 6) is 1.15. The van der Waals surface area contributed by atoms with Crippen LogP contribution in [-0.4, -0.2) is 67.6 Å². The lowest BCUT2D eigenvalue weighted by atomic mass is 10.2. The van der Waals surface area contributed by atoms with Gasteiger partial charge in [0.15, 0.2) is 0 Å². The highest BCUT2D eigenvalue weighted by Crippen LogP contribution is 2.28. The number of ether oxygens (including phenoxy) is 3. The zero-order valence-electron chi connectivity index (χ0n) is 14.3. The van der Waals surface area contributed by atoms with Crippen LogP contribution < -0.4 is 4.74 Å². The summed E-state index contributed by atoms with van der Waals surface area (Å²) in [6, 6.07) is 7.26. The molecule has 1 aliphatic rings. The summed E-state index contributed by atoms with van der Waals surface area (Å²) in [5, 5.41) is 8.02. The number of hydrogen-bond acceptors (Lipinski definition) is 7. The zero-order chi connectivity index (χ0) is 17.6. The monoisotopic (exact) mass is 347 g/mol. The van der Waals surface area contributed by atoms with E-state index in [0.29, 0.717) is 43.6 Å². The molecule has 8 nitrogen and oxygen atoms in total. The number of rotatable bonds is 6. The van der Waals surface area contributed by atoms with Gasteiger partial charge < -0.3 is 23.5 Å². The van der Waals surface area contributed by atoms with Gasteiger partial charge in [0, 0.05) is 13.7 Å². The predicted octanol–water partition coefficient (Wildman–Crippen LogP) is 1.16. The molecule has 1 saturated heterocycles. The molecule has 1 aliphatic heterocycles. The summed E-state index contributed by atoms with van der Waals surface area (Å²) in [6.45, 7) is 1.94. The van der Waals surface area contributed by atoms with Crippen LogP contribution in [0.4, 0.5) is 0 Å². The maximum Gasteiger partial charge on any atom is 0.251 e. The lowest BCUT2D eigenvalue weighted by molar-refractivity contribution is -0.141. The van der Waals surface area contributed by atoms with Gasteiger partial charge in [-0.25, -0.2) is 0 Å². The van der Waals surface area contributed by atoms with Crippen LogP contribution in [0.1, 0.15) is 5.89 Å². The summed E-state index contributed by atoms with van der Waals surface area (Å²) in [5.41, 5.74) is 0.694. The van der Waals surface area contributed by atoms with Gasteiger partial charge >= 0.3 is 0 Å². The van der Waals surface area contributed by atoms with Crippen LogP contribution in [0.2, 0.25) is 0 Å². The summed E-state index contributed by atoms with van der Waals surface area (Å²) >= 11 is 0. The van der Waals surface area contributed by atoms with Crippen molar-refractivity contribution in [3.63, 3.8) is 0 Å². The Kier molecular flexibility index (Phi) is 5.62. The Morgan fingerprint density at radius 2 is 2.16 bits per heavy atom. The number of nitrogens with zero attached hydrogens (tertiary/aromatic N) is 3. The van der Waals surface area contributed by atoms with Gasteiger partial charge in [-0.3, -0.25) is 4.79 Å². The third-order valence-corrected chi connectivity index (χ3v) is 4.01. The number of benzene rings is 1. The number of carbonyl (C=O) groups excluding carboxylic acids is 1. The number of aromatic nitrogens is 2. The van der Waals surface area contributed by atoms with Gasteiger partial charge in [0.1, 0.15) is 12.2 Å². The van der Waals surface area contributed by atoms with Gasteiger partial charge in [-0.1, -0.05) is 12.1 Å². The van der Waals surface area contributed by atoms with E-state index in [9.17, 15) is 4.79 Å². The van der Waals surface area contributed by atoms with Crippen molar-refractivity contribution in [2.75, 3.05) is 40.6 Å². The summed E-state index contributed by atoms with van der Waals surface area (Å²) < 4.78 is 21.5. The fourth-order valence-electron chi connectivity index (χ4n) is 2.80. The molecule has 1 amide bonds. The van der Waals surface area contributed by atoms with Gasteiger partial charge in [-0.15, -0.1) is 10.2 Å². The fraction of sp³-hybridized carbons (Fsp3) is 0.471. The SMILES string of the molecule is COC[C@H]1COCCN1C(=O)Cc1nnc(-c2ccccc2OC)o1. The summed E-state index contributed by atoms with van der Waals surface area (Å²) in [4.78, 5) is 14.3. The highest BCUT2D eigenvalue weighted by atomic mass is 16.5. The van der Waals surface area contributed by atoms with Crippen molar-refractivity contribution < 1.29 is 23.4 Å². The number of morpholine rings is 1.